The minimum absolute atomic E-state index is 0.00667. The summed E-state index contributed by atoms with van der Waals surface area (Å²) < 4.78 is 0. The quantitative estimate of drug-likeness (QED) is 0.849. The van der Waals surface area contributed by atoms with Crippen LogP contribution in [-0.4, -0.2) is 38.8 Å². The number of aliphatic hydroxyl groups is 1. The molecule has 1 aliphatic carbocycles. The van der Waals surface area contributed by atoms with Crippen LogP contribution in [0.4, 0.5) is 0 Å². The van der Waals surface area contributed by atoms with E-state index in [0.717, 1.165) is 41.6 Å². The Morgan fingerprint density at radius 1 is 1.30 bits per heavy atom. The van der Waals surface area contributed by atoms with Crippen LogP contribution < -0.4 is 0 Å². The Labute approximate surface area is 160 Å². The van der Waals surface area contributed by atoms with Crippen molar-refractivity contribution in [3.63, 3.8) is 0 Å². The summed E-state index contributed by atoms with van der Waals surface area (Å²) in [6, 6.07) is 5.93. The topological polar surface area (TPSA) is 69.2 Å². The van der Waals surface area contributed by atoms with Crippen molar-refractivity contribution >= 4 is 5.91 Å². The van der Waals surface area contributed by atoms with Crippen LogP contribution in [0.3, 0.4) is 0 Å². The summed E-state index contributed by atoms with van der Waals surface area (Å²) in [5.41, 5.74) is 6.71. The zero-order valence-electron chi connectivity index (χ0n) is 16.7. The van der Waals surface area contributed by atoms with Gasteiger partial charge in [0.25, 0.3) is 5.91 Å². The van der Waals surface area contributed by atoms with Gasteiger partial charge < -0.3 is 10.0 Å². The van der Waals surface area contributed by atoms with Gasteiger partial charge in [0.05, 0.1) is 18.3 Å². The van der Waals surface area contributed by atoms with Gasteiger partial charge in [0.15, 0.2) is 0 Å². The fourth-order valence-corrected chi connectivity index (χ4v) is 4.63. The van der Waals surface area contributed by atoms with E-state index in [4.69, 9.17) is 0 Å². The molecule has 27 heavy (non-hydrogen) atoms. The lowest BCUT2D eigenvalue weighted by molar-refractivity contribution is 0.0582. The second kappa shape index (κ2) is 6.48. The number of carbonyl (C=O) groups excluding carboxylic acids is 1. The third kappa shape index (κ3) is 3.18. The van der Waals surface area contributed by atoms with Crippen molar-refractivity contribution < 1.29 is 9.90 Å². The van der Waals surface area contributed by atoms with Gasteiger partial charge in [-0.05, 0) is 48.3 Å². The van der Waals surface area contributed by atoms with E-state index in [1.54, 1.807) is 0 Å². The van der Waals surface area contributed by atoms with Gasteiger partial charge in [-0.3, -0.25) is 9.89 Å². The molecule has 1 atom stereocenters. The van der Waals surface area contributed by atoms with Gasteiger partial charge in [-0.2, -0.15) is 5.10 Å². The summed E-state index contributed by atoms with van der Waals surface area (Å²) in [4.78, 5) is 14.7. The fourth-order valence-electron chi connectivity index (χ4n) is 4.63. The molecule has 2 heterocycles. The normalized spacial score (nSPS) is 18.9. The molecule has 0 fully saturated rings. The summed E-state index contributed by atoms with van der Waals surface area (Å²) >= 11 is 0. The minimum Gasteiger partial charge on any atom is -0.394 e. The summed E-state index contributed by atoms with van der Waals surface area (Å²) in [7, 11) is 0. The van der Waals surface area contributed by atoms with Gasteiger partial charge in [-0.1, -0.05) is 33.8 Å². The molecule has 0 spiro atoms. The molecule has 0 saturated heterocycles. The molecule has 1 aromatic heterocycles. The number of benzene rings is 1. The molecule has 1 aliphatic heterocycles. The first-order chi connectivity index (χ1) is 12.8. The van der Waals surface area contributed by atoms with Gasteiger partial charge in [0, 0.05) is 28.9 Å². The maximum atomic E-state index is 12.8. The number of rotatable bonds is 5. The largest absolute Gasteiger partial charge is 0.394 e. The second-order valence-corrected chi connectivity index (χ2v) is 9.32. The molecule has 1 unspecified atom stereocenters. The Balaban J connectivity index is 1.63. The van der Waals surface area contributed by atoms with Crippen LogP contribution in [0.15, 0.2) is 18.2 Å². The SMILES string of the molecule is CC(C)CC(CO)N1Cc2cc(-c3n[nH]c4c3CC(C)(C)C4)ccc2C1=O. The third-order valence-electron chi connectivity index (χ3n) is 5.87. The van der Waals surface area contributed by atoms with Gasteiger partial charge in [0.1, 0.15) is 0 Å². The van der Waals surface area contributed by atoms with Crippen LogP contribution in [0, 0.1) is 11.3 Å². The van der Waals surface area contributed by atoms with Crippen molar-refractivity contribution in [2.75, 3.05) is 6.61 Å². The van der Waals surface area contributed by atoms with E-state index in [0.29, 0.717) is 12.5 Å². The fraction of sp³-hybridized carbons (Fsp3) is 0.545. The first kappa shape index (κ1) is 18.2. The molecule has 1 aromatic carbocycles. The van der Waals surface area contributed by atoms with Crippen LogP contribution in [0.2, 0.25) is 0 Å². The van der Waals surface area contributed by atoms with Crippen molar-refractivity contribution in [1.82, 2.24) is 15.1 Å². The molecule has 2 N–H and O–H groups in total. The van der Waals surface area contributed by atoms with Crippen molar-refractivity contribution in [2.45, 2.75) is 59.5 Å². The molecule has 5 heteroatoms. The van der Waals surface area contributed by atoms with Crippen LogP contribution in [-0.2, 0) is 19.4 Å². The average Bonchev–Trinajstić information content (AvgIpc) is 3.22. The van der Waals surface area contributed by atoms with E-state index >= 15 is 0 Å². The number of hydrogen-bond acceptors (Lipinski definition) is 3. The number of nitrogens with one attached hydrogen (secondary N) is 1. The summed E-state index contributed by atoms with van der Waals surface area (Å²) in [6.07, 6.45) is 2.86. The highest BCUT2D eigenvalue weighted by atomic mass is 16.3. The number of carbonyl (C=O) groups is 1. The number of nitrogens with zero attached hydrogens (tertiary/aromatic N) is 2. The summed E-state index contributed by atoms with van der Waals surface area (Å²) in [5, 5.41) is 17.6. The number of hydrogen-bond donors (Lipinski definition) is 2. The summed E-state index contributed by atoms with van der Waals surface area (Å²) in [6.45, 7) is 9.38. The van der Waals surface area contributed by atoms with Crippen molar-refractivity contribution in [3.8, 4) is 11.3 Å². The molecule has 2 aromatic rings. The van der Waals surface area contributed by atoms with Crippen molar-refractivity contribution in [3.05, 3.63) is 40.6 Å². The third-order valence-corrected chi connectivity index (χ3v) is 5.87. The first-order valence-electron chi connectivity index (χ1n) is 9.90. The number of H-pyrrole nitrogens is 1. The Bertz CT molecular complexity index is 882. The number of aliphatic hydroxyl groups excluding tert-OH is 1. The Morgan fingerprint density at radius 2 is 2.07 bits per heavy atom. The maximum Gasteiger partial charge on any atom is 0.254 e. The lowest BCUT2D eigenvalue weighted by Crippen LogP contribution is -2.39. The lowest BCUT2D eigenvalue weighted by atomic mass is 9.90. The first-order valence-corrected chi connectivity index (χ1v) is 9.90. The van der Waals surface area contributed by atoms with Crippen molar-refractivity contribution in [2.24, 2.45) is 11.3 Å². The molecule has 5 nitrogen and oxygen atoms in total. The number of aromatic nitrogens is 2. The van der Waals surface area contributed by atoms with E-state index < -0.39 is 0 Å². The van der Waals surface area contributed by atoms with E-state index in [9.17, 15) is 9.90 Å². The molecule has 0 bridgehead atoms. The molecule has 0 radical (unpaired) electrons. The van der Waals surface area contributed by atoms with Gasteiger partial charge in [-0.15, -0.1) is 0 Å². The van der Waals surface area contributed by atoms with Gasteiger partial charge in [0.2, 0.25) is 0 Å². The van der Waals surface area contributed by atoms with Gasteiger partial charge in [-0.25, -0.2) is 0 Å². The predicted molar refractivity (Wildman–Crippen MR) is 105 cm³/mol. The molecule has 1 amide bonds. The van der Waals surface area contributed by atoms with E-state index in [1.165, 1.54) is 11.3 Å². The maximum absolute atomic E-state index is 12.8. The highest BCUT2D eigenvalue weighted by molar-refractivity contribution is 5.99. The smallest absolute Gasteiger partial charge is 0.254 e. The minimum atomic E-state index is -0.121. The molecule has 2 aliphatic rings. The molecular formula is C22H29N3O2. The van der Waals surface area contributed by atoms with Crippen molar-refractivity contribution in [1.29, 1.82) is 0 Å². The molecule has 4 rings (SSSR count). The second-order valence-electron chi connectivity index (χ2n) is 9.32. The Morgan fingerprint density at radius 3 is 2.78 bits per heavy atom. The highest BCUT2D eigenvalue weighted by Gasteiger charge is 2.35. The average molecular weight is 367 g/mol. The molecule has 144 valence electrons. The molecule has 0 saturated carbocycles. The summed E-state index contributed by atoms with van der Waals surface area (Å²) in [5.74, 6) is 0.467. The zero-order chi connectivity index (χ0) is 19.3. The standard InChI is InChI=1S/C22H29N3O2/c1-13(2)7-16(12-26)25-11-15-8-14(5-6-17(15)21(25)27)20-18-9-22(3,4)10-19(18)23-24-20/h5-6,8,13,16,26H,7,9-12H2,1-4H3,(H,23,24). The number of fused-ring (bicyclic) bond motifs is 2. The van der Waals surface area contributed by atoms with E-state index in [-0.39, 0.29) is 24.0 Å². The number of amides is 1. The van der Waals surface area contributed by atoms with E-state index in [1.807, 2.05) is 17.0 Å². The zero-order valence-corrected chi connectivity index (χ0v) is 16.7. The van der Waals surface area contributed by atoms with Crippen LogP contribution in [0.5, 0.6) is 0 Å². The van der Waals surface area contributed by atoms with Crippen LogP contribution in [0.25, 0.3) is 11.3 Å². The van der Waals surface area contributed by atoms with E-state index in [2.05, 4.69) is 44.0 Å². The highest BCUT2D eigenvalue weighted by Crippen LogP contribution is 2.40. The molecular weight excluding hydrogens is 338 g/mol. The van der Waals surface area contributed by atoms with Gasteiger partial charge >= 0.3 is 0 Å². The predicted octanol–water partition coefficient (Wildman–Crippen LogP) is 3.56. The van der Waals surface area contributed by atoms with Crippen LogP contribution in [0.1, 0.15) is 61.3 Å². The van der Waals surface area contributed by atoms with Crippen LogP contribution >= 0.6 is 0 Å². The lowest BCUT2D eigenvalue weighted by Gasteiger charge is -2.27. The Hall–Kier alpha value is -2.14. The number of aromatic amines is 1. The monoisotopic (exact) mass is 367 g/mol. The Kier molecular flexibility index (Phi) is 4.38.